The van der Waals surface area contributed by atoms with Gasteiger partial charge in [-0.2, -0.15) is 4.31 Å². The standard InChI is InChI=1S/C17H23FN2O3S/c1-3-8-20-15-6-4-13(17(20)21)10-19(11-15)24(22,23)16-7-5-14(18)9-12(16)2/h5,7,9,13,15H,3-4,6,8,10-11H2,1-2H3/t13-,15+/m0/s1. The Morgan fingerprint density at radius 3 is 2.67 bits per heavy atom. The molecule has 2 atom stereocenters. The molecule has 0 unspecified atom stereocenters. The first kappa shape index (κ1) is 17.4. The summed E-state index contributed by atoms with van der Waals surface area (Å²) in [4.78, 5) is 14.5. The number of halogens is 1. The molecule has 0 spiro atoms. The molecular weight excluding hydrogens is 331 g/mol. The Labute approximate surface area is 142 Å². The number of sulfonamides is 1. The number of nitrogens with zero attached hydrogens (tertiary/aromatic N) is 2. The lowest BCUT2D eigenvalue weighted by Gasteiger charge is -2.35. The second-order valence-electron chi connectivity index (χ2n) is 6.69. The third-order valence-electron chi connectivity index (χ3n) is 4.98. The first-order chi connectivity index (χ1) is 11.3. The van der Waals surface area contributed by atoms with E-state index in [9.17, 15) is 17.6 Å². The summed E-state index contributed by atoms with van der Waals surface area (Å²) >= 11 is 0. The van der Waals surface area contributed by atoms with Crippen molar-refractivity contribution >= 4 is 15.9 Å². The van der Waals surface area contributed by atoms with Crippen LogP contribution in [0.2, 0.25) is 0 Å². The van der Waals surface area contributed by atoms with Crippen LogP contribution in [0.5, 0.6) is 0 Å². The van der Waals surface area contributed by atoms with Crippen LogP contribution in [-0.4, -0.2) is 49.2 Å². The Kier molecular flexibility index (Phi) is 4.66. The van der Waals surface area contributed by atoms with Crippen molar-refractivity contribution in [1.82, 2.24) is 9.21 Å². The van der Waals surface area contributed by atoms with Gasteiger partial charge in [-0.05, 0) is 49.9 Å². The van der Waals surface area contributed by atoms with Crippen LogP contribution < -0.4 is 0 Å². The van der Waals surface area contributed by atoms with Gasteiger partial charge in [0, 0.05) is 25.7 Å². The van der Waals surface area contributed by atoms with Crippen molar-refractivity contribution in [2.24, 2.45) is 5.92 Å². The summed E-state index contributed by atoms with van der Waals surface area (Å²) in [6, 6.07) is 3.65. The summed E-state index contributed by atoms with van der Waals surface area (Å²) in [6.07, 6.45) is 2.43. The lowest BCUT2D eigenvalue weighted by atomic mass is 9.94. The van der Waals surface area contributed by atoms with Crippen LogP contribution in [0.15, 0.2) is 23.1 Å². The number of fused-ring (bicyclic) bond motifs is 4. The second kappa shape index (κ2) is 6.44. The highest BCUT2D eigenvalue weighted by Crippen LogP contribution is 2.32. The van der Waals surface area contributed by atoms with E-state index in [0.717, 1.165) is 19.3 Å². The van der Waals surface area contributed by atoms with E-state index in [1.54, 1.807) is 6.92 Å². The van der Waals surface area contributed by atoms with E-state index >= 15 is 0 Å². The first-order valence-corrected chi connectivity index (χ1v) is 9.85. The van der Waals surface area contributed by atoms with Crippen LogP contribution in [0.1, 0.15) is 31.7 Å². The summed E-state index contributed by atoms with van der Waals surface area (Å²) in [7, 11) is -3.73. The summed E-state index contributed by atoms with van der Waals surface area (Å²) in [5.74, 6) is -0.654. The minimum absolute atomic E-state index is 0.0632. The van der Waals surface area contributed by atoms with Gasteiger partial charge in [0.05, 0.1) is 10.8 Å². The van der Waals surface area contributed by atoms with Crippen molar-refractivity contribution in [2.75, 3.05) is 19.6 Å². The van der Waals surface area contributed by atoms with Crippen molar-refractivity contribution in [2.45, 2.75) is 44.0 Å². The van der Waals surface area contributed by atoms with Gasteiger partial charge in [0.1, 0.15) is 5.82 Å². The smallest absolute Gasteiger partial charge is 0.243 e. The molecule has 0 N–H and O–H groups in total. The summed E-state index contributed by atoms with van der Waals surface area (Å²) < 4.78 is 40.8. The maximum absolute atomic E-state index is 13.3. The minimum Gasteiger partial charge on any atom is -0.338 e. The molecule has 2 bridgehead atoms. The zero-order chi connectivity index (χ0) is 17.5. The zero-order valence-corrected chi connectivity index (χ0v) is 14.9. The number of carbonyl (C=O) groups excluding carboxylic acids is 1. The van der Waals surface area contributed by atoms with Crippen molar-refractivity contribution < 1.29 is 17.6 Å². The molecule has 3 aliphatic heterocycles. The molecule has 1 aromatic rings. The maximum atomic E-state index is 13.3. The van der Waals surface area contributed by atoms with E-state index in [2.05, 4.69) is 0 Å². The topological polar surface area (TPSA) is 57.7 Å². The van der Waals surface area contributed by atoms with Crippen LogP contribution >= 0.6 is 0 Å². The predicted molar refractivity (Wildman–Crippen MR) is 88.4 cm³/mol. The third kappa shape index (κ3) is 2.95. The van der Waals surface area contributed by atoms with Crippen LogP contribution in [0.3, 0.4) is 0 Å². The molecule has 3 aliphatic rings. The highest BCUT2D eigenvalue weighted by Gasteiger charge is 2.43. The monoisotopic (exact) mass is 354 g/mol. The van der Waals surface area contributed by atoms with Crippen molar-refractivity contribution in [3.63, 3.8) is 0 Å². The Bertz CT molecular complexity index is 750. The number of rotatable bonds is 4. The average Bonchev–Trinajstić information content (AvgIpc) is 2.81. The molecular formula is C17H23FN2O3S. The van der Waals surface area contributed by atoms with E-state index in [4.69, 9.17) is 0 Å². The highest BCUT2D eigenvalue weighted by atomic mass is 32.2. The fourth-order valence-electron chi connectivity index (χ4n) is 3.77. The molecule has 0 saturated carbocycles. The van der Waals surface area contributed by atoms with E-state index in [0.29, 0.717) is 18.7 Å². The lowest BCUT2D eigenvalue weighted by Crippen LogP contribution is -2.48. The number of benzene rings is 1. The number of piperidine rings is 1. The zero-order valence-electron chi connectivity index (χ0n) is 14.0. The summed E-state index contributed by atoms with van der Waals surface area (Å²) in [6.45, 7) is 4.82. The molecule has 7 heteroatoms. The van der Waals surface area contributed by atoms with Gasteiger partial charge in [0.15, 0.2) is 0 Å². The van der Waals surface area contributed by atoms with E-state index < -0.39 is 15.8 Å². The van der Waals surface area contributed by atoms with Gasteiger partial charge in [-0.3, -0.25) is 4.79 Å². The fraction of sp³-hybridized carbons (Fsp3) is 0.588. The molecule has 0 aliphatic carbocycles. The molecule has 0 aromatic heterocycles. The van der Waals surface area contributed by atoms with Crippen molar-refractivity contribution in [3.8, 4) is 0 Å². The number of hydrogen-bond donors (Lipinski definition) is 0. The second-order valence-corrected chi connectivity index (χ2v) is 8.60. The number of carbonyl (C=O) groups is 1. The Hall–Kier alpha value is -1.47. The van der Waals surface area contributed by atoms with Crippen molar-refractivity contribution in [3.05, 3.63) is 29.6 Å². The van der Waals surface area contributed by atoms with E-state index in [-0.39, 0.29) is 29.3 Å². The Morgan fingerprint density at radius 1 is 1.25 bits per heavy atom. The molecule has 24 heavy (non-hydrogen) atoms. The average molecular weight is 354 g/mol. The number of amides is 1. The highest BCUT2D eigenvalue weighted by molar-refractivity contribution is 7.89. The molecule has 1 amide bonds. The van der Waals surface area contributed by atoms with Crippen LogP contribution in [0.4, 0.5) is 4.39 Å². The molecule has 3 heterocycles. The summed E-state index contributed by atoms with van der Waals surface area (Å²) in [5, 5.41) is 0. The van der Waals surface area contributed by atoms with E-state index in [1.807, 2.05) is 11.8 Å². The normalized spacial score (nSPS) is 25.1. The van der Waals surface area contributed by atoms with Crippen LogP contribution in [0.25, 0.3) is 0 Å². The van der Waals surface area contributed by atoms with Gasteiger partial charge in [0.25, 0.3) is 0 Å². The van der Waals surface area contributed by atoms with Gasteiger partial charge in [-0.25, -0.2) is 12.8 Å². The molecule has 132 valence electrons. The van der Waals surface area contributed by atoms with Gasteiger partial charge < -0.3 is 4.90 Å². The molecule has 5 nitrogen and oxygen atoms in total. The molecule has 1 aromatic carbocycles. The Morgan fingerprint density at radius 2 is 2.00 bits per heavy atom. The number of hydrogen-bond acceptors (Lipinski definition) is 3. The number of aryl methyl sites for hydroxylation is 1. The summed E-state index contributed by atoms with van der Waals surface area (Å²) in [5.41, 5.74) is 0.392. The SMILES string of the molecule is CCCN1C(=O)[C@H]2CC[C@@H]1CN(S(=O)(=O)c1ccc(F)cc1C)C2. The Balaban J connectivity index is 1.94. The predicted octanol–water partition coefficient (Wildman–Crippen LogP) is 2.16. The van der Waals surface area contributed by atoms with Gasteiger partial charge in [-0.15, -0.1) is 0 Å². The van der Waals surface area contributed by atoms with E-state index in [1.165, 1.54) is 22.5 Å². The largest absolute Gasteiger partial charge is 0.338 e. The molecule has 4 rings (SSSR count). The quantitative estimate of drug-likeness (QED) is 0.832. The molecule has 0 radical (unpaired) electrons. The van der Waals surface area contributed by atoms with Crippen LogP contribution in [-0.2, 0) is 14.8 Å². The van der Waals surface area contributed by atoms with Gasteiger partial charge in [-0.1, -0.05) is 6.92 Å². The van der Waals surface area contributed by atoms with Crippen LogP contribution in [0, 0.1) is 18.7 Å². The first-order valence-electron chi connectivity index (χ1n) is 8.41. The minimum atomic E-state index is -3.73. The lowest BCUT2D eigenvalue weighted by molar-refractivity contribution is -0.139. The third-order valence-corrected chi connectivity index (χ3v) is 6.97. The fourth-order valence-corrected chi connectivity index (χ4v) is 5.50. The maximum Gasteiger partial charge on any atom is 0.243 e. The molecule has 3 fully saturated rings. The van der Waals surface area contributed by atoms with Gasteiger partial charge >= 0.3 is 0 Å². The molecule has 3 saturated heterocycles. The van der Waals surface area contributed by atoms with Crippen molar-refractivity contribution in [1.29, 1.82) is 0 Å². The van der Waals surface area contributed by atoms with Gasteiger partial charge in [0.2, 0.25) is 15.9 Å².